The van der Waals surface area contributed by atoms with Gasteiger partial charge in [0.15, 0.2) is 5.65 Å². The molecule has 3 aromatic rings. The van der Waals surface area contributed by atoms with Crippen molar-refractivity contribution >= 4 is 11.6 Å². The molecular formula is C21H24N6O2. The van der Waals surface area contributed by atoms with Crippen molar-refractivity contribution in [3.05, 3.63) is 58.4 Å². The van der Waals surface area contributed by atoms with E-state index in [4.69, 9.17) is 0 Å². The fourth-order valence-corrected chi connectivity index (χ4v) is 3.64. The first-order valence-corrected chi connectivity index (χ1v) is 9.95. The van der Waals surface area contributed by atoms with Gasteiger partial charge < -0.3 is 5.32 Å². The molecule has 0 aliphatic heterocycles. The van der Waals surface area contributed by atoms with Crippen LogP contribution in [0, 0.1) is 6.92 Å². The number of fused-ring (bicyclic) bond motifs is 1. The predicted molar refractivity (Wildman–Crippen MR) is 109 cm³/mol. The fourth-order valence-electron chi connectivity index (χ4n) is 3.64. The summed E-state index contributed by atoms with van der Waals surface area (Å²) in [6, 6.07) is 7.27. The number of aryl methyl sites for hydroxylation is 1. The van der Waals surface area contributed by atoms with Crippen LogP contribution in [0.2, 0.25) is 0 Å². The molecule has 0 saturated heterocycles. The highest BCUT2D eigenvalue weighted by Gasteiger charge is 2.15. The van der Waals surface area contributed by atoms with Crippen LogP contribution in [0.3, 0.4) is 0 Å². The lowest BCUT2D eigenvalue weighted by Crippen LogP contribution is -2.33. The van der Waals surface area contributed by atoms with Crippen LogP contribution in [0.15, 0.2) is 46.9 Å². The van der Waals surface area contributed by atoms with Crippen molar-refractivity contribution in [2.45, 2.75) is 45.6 Å². The topological polar surface area (TPSA) is 94.2 Å². The van der Waals surface area contributed by atoms with E-state index < -0.39 is 0 Å². The number of amides is 1. The zero-order valence-corrected chi connectivity index (χ0v) is 16.5. The third-order valence-electron chi connectivity index (χ3n) is 5.11. The molecule has 0 saturated carbocycles. The first-order valence-electron chi connectivity index (χ1n) is 9.95. The molecule has 150 valence electrons. The number of nitrogens with zero attached hydrogens (tertiary/aromatic N) is 5. The molecule has 1 N–H and O–H groups in total. The monoisotopic (exact) mass is 392 g/mol. The van der Waals surface area contributed by atoms with Gasteiger partial charge in [-0.3, -0.25) is 9.78 Å². The van der Waals surface area contributed by atoms with Crippen molar-refractivity contribution in [2.24, 2.45) is 0 Å². The summed E-state index contributed by atoms with van der Waals surface area (Å²) in [5, 5.41) is 7.21. The Morgan fingerprint density at radius 1 is 1.24 bits per heavy atom. The molecule has 0 bridgehead atoms. The Balaban J connectivity index is 1.48. The molecule has 3 heterocycles. The summed E-state index contributed by atoms with van der Waals surface area (Å²) in [7, 11) is 0. The minimum Gasteiger partial charge on any atom is -0.354 e. The average molecular weight is 392 g/mol. The van der Waals surface area contributed by atoms with Gasteiger partial charge >= 0.3 is 5.69 Å². The summed E-state index contributed by atoms with van der Waals surface area (Å²) in [6.45, 7) is 2.21. The average Bonchev–Trinajstić information content (AvgIpc) is 3.05. The molecular weight excluding hydrogens is 368 g/mol. The molecule has 1 amide bonds. The number of hydrogen-bond acceptors (Lipinski definition) is 5. The second kappa shape index (κ2) is 8.38. The van der Waals surface area contributed by atoms with E-state index in [0.717, 1.165) is 19.3 Å². The van der Waals surface area contributed by atoms with E-state index >= 15 is 0 Å². The van der Waals surface area contributed by atoms with E-state index in [1.54, 1.807) is 19.2 Å². The summed E-state index contributed by atoms with van der Waals surface area (Å²) in [5.41, 5.74) is 2.82. The fraction of sp³-hybridized carbons (Fsp3) is 0.381. The van der Waals surface area contributed by atoms with Gasteiger partial charge in [0.25, 0.3) is 0 Å². The van der Waals surface area contributed by atoms with Gasteiger partial charge in [-0.1, -0.05) is 17.7 Å². The molecule has 0 radical (unpaired) electrons. The number of carbonyl (C=O) groups excluding carboxylic acids is 1. The largest absolute Gasteiger partial charge is 0.354 e. The molecule has 3 aromatic heterocycles. The lowest BCUT2D eigenvalue weighted by molar-refractivity contribution is -0.121. The summed E-state index contributed by atoms with van der Waals surface area (Å²) in [4.78, 5) is 33.7. The highest BCUT2D eigenvalue weighted by Crippen LogP contribution is 2.19. The smallest absolute Gasteiger partial charge is 0.352 e. The number of carbonyl (C=O) groups is 1. The summed E-state index contributed by atoms with van der Waals surface area (Å²) in [5.74, 6) is 0.284. The van der Waals surface area contributed by atoms with E-state index in [9.17, 15) is 9.59 Å². The van der Waals surface area contributed by atoms with Gasteiger partial charge in [0, 0.05) is 18.8 Å². The Morgan fingerprint density at radius 3 is 2.90 bits per heavy atom. The maximum Gasteiger partial charge on any atom is 0.352 e. The Labute approximate surface area is 168 Å². The van der Waals surface area contributed by atoms with Crippen LogP contribution in [-0.2, 0) is 11.3 Å². The zero-order chi connectivity index (χ0) is 20.2. The van der Waals surface area contributed by atoms with Crippen LogP contribution in [0.1, 0.15) is 37.9 Å². The Hall–Kier alpha value is -3.29. The SMILES string of the molecule is Cc1nc(-c2ccccn2)cc2nn(CC(=O)NCCC3=CCCCC3)c(=O)n12. The second-order valence-electron chi connectivity index (χ2n) is 7.25. The second-order valence-corrected chi connectivity index (χ2v) is 7.25. The van der Waals surface area contributed by atoms with Crippen LogP contribution < -0.4 is 11.0 Å². The van der Waals surface area contributed by atoms with Crippen molar-refractivity contribution in [3.8, 4) is 11.4 Å². The van der Waals surface area contributed by atoms with Crippen LogP contribution >= 0.6 is 0 Å². The van der Waals surface area contributed by atoms with Crippen LogP contribution in [0.5, 0.6) is 0 Å². The number of allylic oxidation sites excluding steroid dienone is 1. The number of aromatic nitrogens is 5. The van der Waals surface area contributed by atoms with E-state index in [2.05, 4.69) is 26.5 Å². The maximum atomic E-state index is 12.7. The minimum atomic E-state index is -0.372. The Bertz CT molecular complexity index is 1110. The van der Waals surface area contributed by atoms with Crippen molar-refractivity contribution in [1.29, 1.82) is 0 Å². The summed E-state index contributed by atoms with van der Waals surface area (Å²) < 4.78 is 2.59. The standard InChI is InChI=1S/C21H24N6O2/c1-15-24-18(17-9-5-6-11-22-17)13-19-25-26(21(29)27(15)19)14-20(28)23-12-10-16-7-3-2-4-8-16/h5-7,9,11,13H,2-4,8,10,12,14H2,1H3,(H,23,28). The molecule has 1 aliphatic carbocycles. The van der Waals surface area contributed by atoms with Gasteiger partial charge in [-0.05, 0) is 51.2 Å². The lowest BCUT2D eigenvalue weighted by Gasteiger charge is -2.12. The minimum absolute atomic E-state index is 0.113. The maximum absolute atomic E-state index is 12.7. The van der Waals surface area contributed by atoms with Crippen molar-refractivity contribution in [2.75, 3.05) is 6.54 Å². The quantitative estimate of drug-likeness (QED) is 0.650. The van der Waals surface area contributed by atoms with E-state index in [1.807, 2.05) is 18.2 Å². The molecule has 0 unspecified atom stereocenters. The van der Waals surface area contributed by atoms with E-state index in [-0.39, 0.29) is 18.1 Å². The van der Waals surface area contributed by atoms with Crippen molar-refractivity contribution in [1.82, 2.24) is 29.5 Å². The molecule has 8 nitrogen and oxygen atoms in total. The summed E-state index contributed by atoms with van der Waals surface area (Å²) in [6.07, 6.45) is 9.56. The zero-order valence-electron chi connectivity index (χ0n) is 16.5. The molecule has 29 heavy (non-hydrogen) atoms. The molecule has 4 rings (SSSR count). The first kappa shape index (κ1) is 19.0. The predicted octanol–water partition coefficient (Wildman–Crippen LogP) is 2.27. The highest BCUT2D eigenvalue weighted by molar-refractivity contribution is 5.75. The van der Waals surface area contributed by atoms with Crippen LogP contribution in [-0.4, -0.2) is 36.6 Å². The third kappa shape index (κ3) is 4.26. The molecule has 0 fully saturated rings. The van der Waals surface area contributed by atoms with Crippen molar-refractivity contribution in [3.63, 3.8) is 0 Å². The Morgan fingerprint density at radius 2 is 2.14 bits per heavy atom. The van der Waals surface area contributed by atoms with Gasteiger partial charge in [0.05, 0.1) is 11.4 Å². The molecule has 0 spiro atoms. The van der Waals surface area contributed by atoms with Crippen LogP contribution in [0.4, 0.5) is 0 Å². The van der Waals surface area contributed by atoms with E-state index in [0.29, 0.717) is 29.4 Å². The third-order valence-corrected chi connectivity index (χ3v) is 5.11. The number of nitrogens with one attached hydrogen (secondary N) is 1. The Kier molecular flexibility index (Phi) is 5.50. The number of pyridine rings is 1. The van der Waals surface area contributed by atoms with Gasteiger partial charge in [-0.15, -0.1) is 5.10 Å². The lowest BCUT2D eigenvalue weighted by atomic mass is 9.97. The number of rotatable bonds is 6. The highest BCUT2D eigenvalue weighted by atomic mass is 16.2. The van der Waals surface area contributed by atoms with Crippen LogP contribution in [0.25, 0.3) is 17.0 Å². The molecule has 8 heteroatoms. The molecule has 0 atom stereocenters. The van der Waals surface area contributed by atoms with Gasteiger partial charge in [0.1, 0.15) is 12.4 Å². The molecule has 0 aromatic carbocycles. The van der Waals surface area contributed by atoms with Gasteiger partial charge in [-0.25, -0.2) is 18.9 Å². The van der Waals surface area contributed by atoms with Gasteiger partial charge in [0.2, 0.25) is 5.91 Å². The number of hydrogen-bond donors (Lipinski definition) is 1. The normalized spacial score (nSPS) is 14.0. The van der Waals surface area contributed by atoms with E-state index in [1.165, 1.54) is 27.5 Å². The van der Waals surface area contributed by atoms with Gasteiger partial charge in [-0.2, -0.15) is 0 Å². The van der Waals surface area contributed by atoms with Crippen molar-refractivity contribution < 1.29 is 4.79 Å². The summed E-state index contributed by atoms with van der Waals surface area (Å²) >= 11 is 0. The first-order chi connectivity index (χ1) is 14.1. The molecule has 1 aliphatic rings.